The number of imidazole rings is 1. The molecule has 3 amide bonds. The molecule has 0 aliphatic carbocycles. The van der Waals surface area contributed by atoms with E-state index in [4.69, 9.17) is 9.72 Å². The van der Waals surface area contributed by atoms with Crippen LogP contribution in [0.25, 0.3) is 11.0 Å². The van der Waals surface area contributed by atoms with Crippen molar-refractivity contribution in [3.8, 4) is 5.75 Å². The quantitative estimate of drug-likeness (QED) is 0.404. The maximum atomic E-state index is 13.3. The number of likely N-dealkylation sites (tertiary alicyclic amines) is 2. The van der Waals surface area contributed by atoms with Crippen molar-refractivity contribution >= 4 is 34.7 Å². The monoisotopic (exact) mass is 580 g/mol. The number of hydrogen-bond donors (Lipinski definition) is 1. The van der Waals surface area contributed by atoms with Crippen molar-refractivity contribution in [2.75, 3.05) is 31.5 Å². The zero-order valence-corrected chi connectivity index (χ0v) is 23.5. The van der Waals surface area contributed by atoms with E-state index in [0.29, 0.717) is 62.2 Å². The third kappa shape index (κ3) is 6.27. The molecule has 0 spiro atoms. The molecule has 0 unspecified atom stereocenters. The number of hydrogen-bond acceptors (Lipinski definition) is 6. The molecule has 3 aromatic rings. The number of ether oxygens (including phenoxy) is 1. The van der Waals surface area contributed by atoms with Crippen LogP contribution in [0.5, 0.6) is 5.75 Å². The van der Waals surface area contributed by atoms with Crippen LogP contribution in [0, 0.1) is 0 Å². The largest absolute Gasteiger partial charge is 0.488 e. The molecule has 4 heterocycles. The average molecular weight is 581 g/mol. The van der Waals surface area contributed by atoms with Gasteiger partial charge >= 0.3 is 0 Å². The van der Waals surface area contributed by atoms with Crippen LogP contribution < -0.4 is 10.1 Å². The van der Waals surface area contributed by atoms with Crippen LogP contribution in [0.1, 0.15) is 67.5 Å². The van der Waals surface area contributed by atoms with E-state index in [0.717, 1.165) is 18.9 Å². The Kier molecular flexibility index (Phi) is 8.79. The summed E-state index contributed by atoms with van der Waals surface area (Å²) in [5, 5.41) is 2.82. The Labute approximate surface area is 242 Å². The number of nitrogens with one attached hydrogen (secondary N) is 1. The van der Waals surface area contributed by atoms with E-state index in [9.17, 15) is 23.2 Å². The smallest absolute Gasteiger partial charge is 0.280 e. The second-order valence-electron chi connectivity index (χ2n) is 10.6. The number of benzene rings is 1. The van der Waals surface area contributed by atoms with Crippen LogP contribution in [0.2, 0.25) is 0 Å². The average Bonchev–Trinajstić information content (AvgIpc) is 3.18. The van der Waals surface area contributed by atoms with Crippen molar-refractivity contribution in [1.82, 2.24) is 24.3 Å². The van der Waals surface area contributed by atoms with E-state index < -0.39 is 18.0 Å². The number of carbonyl (C=O) groups excluding carboxylic acids is 3. The number of alkyl halides is 2. The predicted octanol–water partition coefficient (Wildman–Crippen LogP) is 4.75. The van der Waals surface area contributed by atoms with Gasteiger partial charge in [0.1, 0.15) is 23.1 Å². The molecule has 2 saturated heterocycles. The molecule has 0 radical (unpaired) electrons. The van der Waals surface area contributed by atoms with Gasteiger partial charge in [-0.05, 0) is 49.6 Å². The summed E-state index contributed by atoms with van der Waals surface area (Å²) in [7, 11) is 0. The Balaban J connectivity index is 1.53. The number of fused-ring (bicyclic) bond motifs is 1. The number of para-hydroxylation sites is 1. The van der Waals surface area contributed by atoms with Crippen molar-refractivity contribution in [1.29, 1.82) is 0 Å². The summed E-state index contributed by atoms with van der Waals surface area (Å²) in [4.78, 5) is 49.6. The summed E-state index contributed by atoms with van der Waals surface area (Å²) in [5.41, 5.74) is 0.780. The summed E-state index contributed by atoms with van der Waals surface area (Å²) >= 11 is 0. The topological polar surface area (TPSA) is 110 Å². The number of rotatable bonds is 7. The van der Waals surface area contributed by atoms with E-state index in [1.54, 1.807) is 16.7 Å². The van der Waals surface area contributed by atoms with Crippen molar-refractivity contribution in [2.45, 2.75) is 57.6 Å². The number of halogens is 2. The Morgan fingerprint density at radius 2 is 1.88 bits per heavy atom. The zero-order valence-electron chi connectivity index (χ0n) is 23.5. The molecule has 10 nitrogen and oxygen atoms in total. The maximum Gasteiger partial charge on any atom is 0.280 e. The van der Waals surface area contributed by atoms with Gasteiger partial charge in [0.15, 0.2) is 0 Å². The molecular weight excluding hydrogens is 546 g/mol. The van der Waals surface area contributed by atoms with Gasteiger partial charge in [-0.3, -0.25) is 24.7 Å². The lowest BCUT2D eigenvalue weighted by atomic mass is 10.1. The molecule has 222 valence electrons. The highest BCUT2D eigenvalue weighted by molar-refractivity contribution is 6.04. The lowest BCUT2D eigenvalue weighted by molar-refractivity contribution is -0.130. The number of amides is 3. The minimum Gasteiger partial charge on any atom is -0.488 e. The second kappa shape index (κ2) is 12.7. The molecule has 0 saturated carbocycles. The third-order valence-electron chi connectivity index (χ3n) is 7.84. The van der Waals surface area contributed by atoms with Crippen molar-refractivity contribution < 1.29 is 27.9 Å². The van der Waals surface area contributed by atoms with E-state index in [-0.39, 0.29) is 35.5 Å². The summed E-state index contributed by atoms with van der Waals surface area (Å²) in [6, 6.07) is 7.67. The highest BCUT2D eigenvalue weighted by atomic mass is 19.3. The molecule has 2 fully saturated rings. The van der Waals surface area contributed by atoms with Crippen LogP contribution >= 0.6 is 0 Å². The summed E-state index contributed by atoms with van der Waals surface area (Å²) in [6.07, 6.45) is 3.25. The van der Waals surface area contributed by atoms with Gasteiger partial charge in [-0.15, -0.1) is 0 Å². The standard InChI is InChI=1S/C30H34F2N6O4/c1-3-26(40)37-14-5-4-7-21(18-37)38-27-23(8-6-9-25(27)42-22-11-15-36(16-12-22)19(2)39)34-30(38)35-29(41)20-10-13-33-24(17-20)28(31)32/h3,6,8-10,13,17,21-22,28H,1,4-5,7,11-12,14-16,18H2,2H3,(H,34,35,41)/t21-/m1/s1. The highest BCUT2D eigenvalue weighted by Crippen LogP contribution is 2.36. The van der Waals surface area contributed by atoms with Crippen molar-refractivity contribution in [2.24, 2.45) is 0 Å². The van der Waals surface area contributed by atoms with Crippen LogP contribution in [-0.4, -0.2) is 74.3 Å². The molecular formula is C30H34F2N6O4. The normalized spacial score (nSPS) is 18.1. The number of carbonyl (C=O) groups is 3. The first-order chi connectivity index (χ1) is 20.2. The molecule has 1 N–H and O–H groups in total. The molecule has 12 heteroatoms. The van der Waals surface area contributed by atoms with Crippen LogP contribution in [0.4, 0.5) is 14.7 Å². The Hall–Kier alpha value is -4.35. The van der Waals surface area contributed by atoms with Gasteiger partial charge in [0.25, 0.3) is 12.3 Å². The summed E-state index contributed by atoms with van der Waals surface area (Å²) in [5.74, 6) is 0.0580. The maximum absolute atomic E-state index is 13.3. The number of anilines is 1. The van der Waals surface area contributed by atoms with Gasteiger partial charge < -0.3 is 19.1 Å². The number of nitrogens with zero attached hydrogens (tertiary/aromatic N) is 5. The van der Waals surface area contributed by atoms with Crippen LogP contribution in [0.15, 0.2) is 49.2 Å². The van der Waals surface area contributed by atoms with E-state index >= 15 is 0 Å². The Bertz CT molecular complexity index is 1480. The first-order valence-corrected chi connectivity index (χ1v) is 14.1. The number of aromatic nitrogens is 3. The van der Waals surface area contributed by atoms with Crippen LogP contribution in [0.3, 0.4) is 0 Å². The minimum atomic E-state index is -2.82. The fourth-order valence-corrected chi connectivity index (χ4v) is 5.67. The second-order valence-corrected chi connectivity index (χ2v) is 10.6. The predicted molar refractivity (Wildman–Crippen MR) is 152 cm³/mol. The molecule has 5 rings (SSSR count). The molecule has 2 aliphatic rings. The van der Waals surface area contributed by atoms with Gasteiger partial charge in [0, 0.05) is 57.7 Å². The zero-order chi connectivity index (χ0) is 29.8. The summed E-state index contributed by atoms with van der Waals surface area (Å²) in [6.45, 7) is 7.36. The van der Waals surface area contributed by atoms with Gasteiger partial charge in [0.05, 0.1) is 11.6 Å². The molecule has 2 aliphatic heterocycles. The Morgan fingerprint density at radius 1 is 1.10 bits per heavy atom. The minimum absolute atomic E-state index is 0.0249. The fraction of sp³-hybridized carbons (Fsp3) is 0.433. The number of pyridine rings is 1. The Morgan fingerprint density at radius 3 is 2.60 bits per heavy atom. The van der Waals surface area contributed by atoms with Gasteiger partial charge in [-0.2, -0.15) is 0 Å². The van der Waals surface area contributed by atoms with E-state index in [2.05, 4.69) is 16.9 Å². The van der Waals surface area contributed by atoms with Gasteiger partial charge in [-0.25, -0.2) is 13.8 Å². The fourth-order valence-electron chi connectivity index (χ4n) is 5.67. The van der Waals surface area contributed by atoms with Crippen molar-refractivity contribution in [3.63, 3.8) is 0 Å². The first kappa shape index (κ1) is 29.2. The van der Waals surface area contributed by atoms with Gasteiger partial charge in [-0.1, -0.05) is 12.6 Å². The molecule has 0 bridgehead atoms. The third-order valence-corrected chi connectivity index (χ3v) is 7.84. The first-order valence-electron chi connectivity index (χ1n) is 14.1. The van der Waals surface area contributed by atoms with Crippen LogP contribution in [-0.2, 0) is 9.59 Å². The highest BCUT2D eigenvalue weighted by Gasteiger charge is 2.29. The SMILES string of the molecule is C=CC(=O)N1CCCC[C@@H](n2c(NC(=O)c3ccnc(C(F)F)c3)nc3cccc(OC4CCN(C(C)=O)CC4)c32)C1. The molecule has 1 atom stereocenters. The van der Waals surface area contributed by atoms with Gasteiger partial charge in [0.2, 0.25) is 17.8 Å². The lowest BCUT2D eigenvalue weighted by Gasteiger charge is -2.32. The molecule has 1 aromatic carbocycles. The van der Waals surface area contributed by atoms with E-state index in [1.807, 2.05) is 22.8 Å². The van der Waals surface area contributed by atoms with Crippen molar-refractivity contribution in [3.05, 3.63) is 60.4 Å². The molecule has 2 aromatic heterocycles. The summed E-state index contributed by atoms with van der Waals surface area (Å²) < 4.78 is 34.9. The van der Waals surface area contributed by atoms with E-state index in [1.165, 1.54) is 18.3 Å². The lowest BCUT2D eigenvalue weighted by Crippen LogP contribution is -2.40. The molecule has 42 heavy (non-hydrogen) atoms. The number of piperidine rings is 1.